The van der Waals surface area contributed by atoms with Crippen LogP contribution in [0.3, 0.4) is 0 Å². The summed E-state index contributed by atoms with van der Waals surface area (Å²) in [7, 11) is 8.76. The van der Waals surface area contributed by atoms with Gasteiger partial charge in [0.2, 0.25) is 0 Å². The van der Waals surface area contributed by atoms with Gasteiger partial charge in [0.05, 0.1) is 0 Å². The maximum Gasteiger partial charge on any atom is 0.500 e. The minimum atomic E-state index is -2.48. The molecule has 0 aliphatic carbocycles. The Balaban J connectivity index is 4.12. The highest BCUT2D eigenvalue weighted by molar-refractivity contribution is 8.76. The van der Waals surface area contributed by atoms with E-state index < -0.39 is 17.6 Å². The van der Waals surface area contributed by atoms with Crippen LogP contribution in [-0.4, -0.2) is 71.8 Å². The Morgan fingerprint density at radius 3 is 1.04 bits per heavy atom. The van der Waals surface area contributed by atoms with Crippen molar-refractivity contribution in [3.05, 3.63) is 0 Å². The lowest BCUT2D eigenvalue weighted by Crippen LogP contribution is -2.44. The minimum absolute atomic E-state index is 0.467. The van der Waals surface area contributed by atoms with Crippen LogP contribution < -0.4 is 0 Å². The summed E-state index contributed by atoms with van der Waals surface area (Å²) in [6.45, 7) is 4.41. The molecule has 0 fully saturated rings. The smallest absolute Gasteiger partial charge is 0.377 e. The fourth-order valence-electron chi connectivity index (χ4n) is 2.30. The van der Waals surface area contributed by atoms with Gasteiger partial charge in [-0.25, -0.2) is 0 Å². The summed E-state index contributed by atoms with van der Waals surface area (Å²) in [6.07, 6.45) is 0. The Bertz CT molecular complexity index is 273. The fraction of sp³-hybridized carbons (Fsp3) is 1.00. The van der Waals surface area contributed by atoms with Crippen molar-refractivity contribution < 1.29 is 26.6 Å². The Kier molecular flexibility index (Phi) is 13.6. The lowest BCUT2D eigenvalue weighted by molar-refractivity contribution is 0.119. The van der Waals surface area contributed by atoms with Crippen LogP contribution in [-0.2, 0) is 26.6 Å². The molecule has 0 aliphatic rings. The summed E-state index contributed by atoms with van der Waals surface area (Å²) < 4.78 is 32.9. The molecule has 0 heterocycles. The van der Waals surface area contributed by atoms with Crippen LogP contribution in [0.25, 0.3) is 0 Å². The zero-order chi connectivity index (χ0) is 18.6. The van der Waals surface area contributed by atoms with Crippen molar-refractivity contribution >= 4 is 39.2 Å². The first-order chi connectivity index (χ1) is 11.4. The number of hydrogen-bond acceptors (Lipinski definition) is 8. The largest absolute Gasteiger partial charge is 0.500 e. The second-order valence-corrected chi connectivity index (χ2v) is 14.3. The van der Waals surface area contributed by atoms with Crippen LogP contribution in [0.1, 0.15) is 13.8 Å². The maximum atomic E-state index is 5.48. The first-order valence-electron chi connectivity index (χ1n) is 7.91. The van der Waals surface area contributed by atoms with E-state index in [-0.39, 0.29) is 0 Å². The van der Waals surface area contributed by atoms with E-state index in [1.54, 1.807) is 42.7 Å². The van der Waals surface area contributed by atoms with E-state index in [1.165, 1.54) is 0 Å². The molecule has 0 radical (unpaired) electrons. The molecule has 0 bridgehead atoms. The average molecular weight is 419 g/mol. The van der Waals surface area contributed by atoms with Gasteiger partial charge in [0.25, 0.3) is 0 Å². The van der Waals surface area contributed by atoms with E-state index in [9.17, 15) is 0 Å². The van der Waals surface area contributed by atoms with E-state index in [4.69, 9.17) is 26.6 Å². The van der Waals surface area contributed by atoms with Crippen molar-refractivity contribution in [3.63, 3.8) is 0 Å². The first-order valence-corrected chi connectivity index (χ1v) is 14.3. The predicted octanol–water partition coefficient (Wildman–Crippen LogP) is 3.40. The first kappa shape index (κ1) is 24.9. The normalized spacial score (nSPS) is 15.5. The quantitative estimate of drug-likeness (QED) is 0.228. The molecule has 0 amide bonds. The van der Waals surface area contributed by atoms with Crippen LogP contribution in [0.4, 0.5) is 0 Å². The number of rotatable bonds is 15. The standard InChI is InChI=1S/C14H34O6S2Si2/c1-13(11-23(15-3,16-4)17-5)9-21-22-10-14(2)12-24(18-6,19-7)20-8/h13-14H,9-12H2,1-8H3. The Morgan fingerprint density at radius 2 is 0.833 bits per heavy atom. The minimum Gasteiger partial charge on any atom is -0.377 e. The van der Waals surface area contributed by atoms with Crippen molar-refractivity contribution in [2.75, 3.05) is 54.2 Å². The van der Waals surface area contributed by atoms with Gasteiger partial charge >= 0.3 is 17.6 Å². The molecule has 0 aromatic rings. The second kappa shape index (κ2) is 13.1. The fourth-order valence-corrected chi connectivity index (χ4v) is 9.58. The highest BCUT2D eigenvalue weighted by atomic mass is 33.1. The molecule has 10 heteroatoms. The third-order valence-electron chi connectivity index (χ3n) is 3.85. The summed E-state index contributed by atoms with van der Waals surface area (Å²) in [5.41, 5.74) is 0. The van der Waals surface area contributed by atoms with Gasteiger partial charge in [-0.05, 0) is 11.8 Å². The highest BCUT2D eigenvalue weighted by Crippen LogP contribution is 2.32. The molecule has 2 atom stereocenters. The predicted molar refractivity (Wildman–Crippen MR) is 106 cm³/mol. The summed E-state index contributed by atoms with van der Waals surface area (Å²) in [5, 5.41) is 0. The van der Waals surface area contributed by atoms with Gasteiger partial charge in [0.1, 0.15) is 0 Å². The van der Waals surface area contributed by atoms with Crippen LogP contribution in [0.15, 0.2) is 0 Å². The third kappa shape index (κ3) is 8.52. The Hall–Kier alpha value is 0.894. The second-order valence-electron chi connectivity index (χ2n) is 5.78. The molecule has 24 heavy (non-hydrogen) atoms. The van der Waals surface area contributed by atoms with Gasteiger partial charge in [-0.15, -0.1) is 0 Å². The van der Waals surface area contributed by atoms with Crippen molar-refractivity contribution in [2.24, 2.45) is 11.8 Å². The van der Waals surface area contributed by atoms with Gasteiger partial charge < -0.3 is 26.6 Å². The zero-order valence-corrected chi connectivity index (χ0v) is 19.9. The third-order valence-corrected chi connectivity index (χ3v) is 12.9. The van der Waals surface area contributed by atoms with Gasteiger partial charge in [0.15, 0.2) is 0 Å². The molecule has 0 aliphatic heterocycles. The van der Waals surface area contributed by atoms with Crippen molar-refractivity contribution in [3.8, 4) is 0 Å². The molecule has 146 valence electrons. The van der Waals surface area contributed by atoms with E-state index in [1.807, 2.05) is 21.6 Å². The molecule has 0 saturated carbocycles. The summed E-state index contributed by atoms with van der Waals surface area (Å²) >= 11 is 0. The van der Waals surface area contributed by atoms with Crippen molar-refractivity contribution in [2.45, 2.75) is 25.9 Å². The van der Waals surface area contributed by atoms with Crippen LogP contribution in [0, 0.1) is 11.8 Å². The molecular formula is C14H34O6S2Si2. The zero-order valence-electron chi connectivity index (χ0n) is 16.2. The molecule has 6 nitrogen and oxygen atoms in total. The van der Waals surface area contributed by atoms with E-state index >= 15 is 0 Å². The number of hydrogen-bond donors (Lipinski definition) is 0. The van der Waals surface area contributed by atoms with E-state index in [0.29, 0.717) is 11.8 Å². The molecule has 0 saturated heterocycles. The summed E-state index contributed by atoms with van der Waals surface area (Å²) in [5.74, 6) is 3.00. The summed E-state index contributed by atoms with van der Waals surface area (Å²) in [4.78, 5) is 0. The molecule has 0 aromatic heterocycles. The van der Waals surface area contributed by atoms with Gasteiger partial charge in [0, 0.05) is 66.3 Å². The SMILES string of the molecule is CO[Si](CC(C)CSSCC(C)C[Si](OC)(OC)OC)(OC)OC. The molecule has 0 spiro atoms. The van der Waals surface area contributed by atoms with Gasteiger partial charge in [-0.2, -0.15) is 0 Å². The van der Waals surface area contributed by atoms with Gasteiger partial charge in [-0.3, -0.25) is 0 Å². The Morgan fingerprint density at radius 1 is 0.583 bits per heavy atom. The monoisotopic (exact) mass is 418 g/mol. The van der Waals surface area contributed by atoms with Gasteiger partial charge in [-0.1, -0.05) is 35.4 Å². The maximum absolute atomic E-state index is 5.48. The topological polar surface area (TPSA) is 55.4 Å². The Labute approximate surface area is 157 Å². The van der Waals surface area contributed by atoms with E-state index in [2.05, 4.69) is 13.8 Å². The molecular weight excluding hydrogens is 384 g/mol. The average Bonchev–Trinajstić information content (AvgIpc) is 2.61. The van der Waals surface area contributed by atoms with E-state index in [0.717, 1.165) is 23.6 Å². The molecule has 0 rings (SSSR count). The van der Waals surface area contributed by atoms with Crippen molar-refractivity contribution in [1.82, 2.24) is 0 Å². The summed E-state index contributed by atoms with van der Waals surface area (Å²) in [6, 6.07) is 1.65. The lowest BCUT2D eigenvalue weighted by atomic mass is 10.3. The molecule has 0 N–H and O–H groups in total. The highest BCUT2D eigenvalue weighted by Gasteiger charge is 2.40. The van der Waals surface area contributed by atoms with Crippen LogP contribution in [0.5, 0.6) is 0 Å². The van der Waals surface area contributed by atoms with Crippen LogP contribution in [0.2, 0.25) is 12.1 Å². The van der Waals surface area contributed by atoms with Crippen LogP contribution >= 0.6 is 21.6 Å². The molecule has 0 aromatic carbocycles. The lowest BCUT2D eigenvalue weighted by Gasteiger charge is -2.27. The molecule has 2 unspecified atom stereocenters. The van der Waals surface area contributed by atoms with Crippen molar-refractivity contribution in [1.29, 1.82) is 0 Å².